The van der Waals surface area contributed by atoms with E-state index in [9.17, 15) is 4.57 Å². The molecular formula is C14H19O3P. The second-order valence-corrected chi connectivity index (χ2v) is 4.57. The summed E-state index contributed by atoms with van der Waals surface area (Å²) in [6.45, 7) is 7.18. The zero-order valence-corrected chi connectivity index (χ0v) is 11.4. The van der Waals surface area contributed by atoms with Gasteiger partial charge < -0.3 is 9.05 Å². The topological polar surface area (TPSA) is 35.5 Å². The lowest BCUT2D eigenvalue weighted by atomic mass is 10.2. The monoisotopic (exact) mass is 266 g/mol. The van der Waals surface area contributed by atoms with Crippen LogP contribution in [0, 0.1) is 24.7 Å². The molecule has 0 aromatic rings. The Kier molecular flexibility index (Phi) is 10.1. The summed E-state index contributed by atoms with van der Waals surface area (Å²) in [4.78, 5) is 0. The zero-order valence-electron chi connectivity index (χ0n) is 10.4. The molecule has 0 spiro atoms. The van der Waals surface area contributed by atoms with E-state index in [4.69, 9.17) is 21.9 Å². The lowest BCUT2D eigenvalue weighted by Gasteiger charge is -2.17. The van der Waals surface area contributed by atoms with Crippen LogP contribution in [-0.2, 0) is 13.6 Å². The molecule has 2 unspecified atom stereocenters. The summed E-state index contributed by atoms with van der Waals surface area (Å²) in [5.41, 5.74) is 0. The van der Waals surface area contributed by atoms with E-state index in [1.165, 1.54) is 0 Å². The van der Waals surface area contributed by atoms with Gasteiger partial charge in [-0.05, 0) is 12.8 Å². The Morgan fingerprint density at radius 3 is 1.72 bits per heavy atom. The predicted molar refractivity (Wildman–Crippen MR) is 75.3 cm³/mol. The molecule has 0 bridgehead atoms. The van der Waals surface area contributed by atoms with E-state index in [1.807, 2.05) is 0 Å². The third kappa shape index (κ3) is 7.93. The molecule has 0 saturated heterocycles. The normalized spacial score (nSPS) is 14.8. The van der Waals surface area contributed by atoms with Gasteiger partial charge in [-0.1, -0.05) is 12.2 Å². The number of terminal acetylenes is 2. The van der Waals surface area contributed by atoms with Gasteiger partial charge in [0.05, 0.1) is 12.2 Å². The van der Waals surface area contributed by atoms with E-state index in [1.54, 1.807) is 12.2 Å². The van der Waals surface area contributed by atoms with Crippen LogP contribution < -0.4 is 0 Å². The van der Waals surface area contributed by atoms with Crippen LogP contribution in [0.2, 0.25) is 0 Å². The average molecular weight is 266 g/mol. The number of hydrogen-bond acceptors (Lipinski definition) is 3. The molecule has 0 aliphatic carbocycles. The minimum atomic E-state index is -2.61. The standard InChI is InChI=1S/C14H19O3P/c1-5-9-13(10-6-2)16-18(15)17-14(11-7-3)12-8-4/h1,3,6,8,13-14,18H,2,4,9-12H2. The highest BCUT2D eigenvalue weighted by molar-refractivity contribution is 7.33. The van der Waals surface area contributed by atoms with Gasteiger partial charge in [-0.2, -0.15) is 0 Å². The van der Waals surface area contributed by atoms with Gasteiger partial charge in [-0.25, -0.2) is 0 Å². The maximum atomic E-state index is 11.7. The van der Waals surface area contributed by atoms with Gasteiger partial charge in [0.25, 0.3) is 0 Å². The molecule has 0 aliphatic rings. The Labute approximate surface area is 110 Å². The highest BCUT2D eigenvalue weighted by atomic mass is 31.1. The molecule has 3 nitrogen and oxygen atoms in total. The van der Waals surface area contributed by atoms with Crippen molar-refractivity contribution < 1.29 is 13.6 Å². The molecule has 0 aromatic carbocycles. The van der Waals surface area contributed by atoms with Gasteiger partial charge in [-0.15, -0.1) is 37.8 Å². The van der Waals surface area contributed by atoms with Crippen molar-refractivity contribution in [1.29, 1.82) is 0 Å². The largest absolute Gasteiger partial charge is 0.319 e. The Morgan fingerprint density at radius 2 is 1.44 bits per heavy atom. The first-order chi connectivity index (χ1) is 8.67. The molecule has 0 aromatic heterocycles. The molecule has 0 saturated carbocycles. The van der Waals surface area contributed by atoms with Crippen LogP contribution in [0.25, 0.3) is 0 Å². The third-order valence-corrected chi connectivity index (χ3v) is 3.13. The van der Waals surface area contributed by atoms with Gasteiger partial charge in [0, 0.05) is 12.8 Å². The summed E-state index contributed by atoms with van der Waals surface area (Å²) in [6, 6.07) is 0. The molecule has 0 rings (SSSR count). The van der Waals surface area contributed by atoms with Gasteiger partial charge in [0.1, 0.15) is 0 Å². The van der Waals surface area contributed by atoms with Crippen LogP contribution in [0.15, 0.2) is 25.3 Å². The smallest absolute Gasteiger partial charge is 0.306 e. The van der Waals surface area contributed by atoms with Crippen molar-refractivity contribution in [2.75, 3.05) is 0 Å². The minimum absolute atomic E-state index is 0.325. The van der Waals surface area contributed by atoms with E-state index < -0.39 is 8.25 Å². The summed E-state index contributed by atoms with van der Waals surface area (Å²) in [5, 5.41) is 0. The molecule has 18 heavy (non-hydrogen) atoms. The molecule has 0 fully saturated rings. The lowest BCUT2D eigenvalue weighted by Crippen LogP contribution is -2.11. The number of rotatable bonds is 10. The van der Waals surface area contributed by atoms with Crippen LogP contribution >= 0.6 is 8.25 Å². The van der Waals surface area contributed by atoms with Crippen molar-refractivity contribution >= 4 is 8.25 Å². The lowest BCUT2D eigenvalue weighted by molar-refractivity contribution is 0.135. The zero-order chi connectivity index (χ0) is 13.8. The van der Waals surface area contributed by atoms with Crippen LogP contribution in [-0.4, -0.2) is 12.2 Å². The first kappa shape index (κ1) is 16.8. The molecule has 0 amide bonds. The van der Waals surface area contributed by atoms with Crippen LogP contribution in [0.1, 0.15) is 25.7 Å². The van der Waals surface area contributed by atoms with Crippen molar-refractivity contribution in [2.24, 2.45) is 0 Å². The minimum Gasteiger partial charge on any atom is -0.306 e. The molecule has 2 atom stereocenters. The van der Waals surface area contributed by atoms with Crippen molar-refractivity contribution in [3.63, 3.8) is 0 Å². The van der Waals surface area contributed by atoms with E-state index in [-0.39, 0.29) is 12.2 Å². The molecule has 0 aliphatic heterocycles. The molecule has 4 heteroatoms. The summed E-state index contributed by atoms with van der Waals surface area (Å²) in [6.07, 6.45) is 14.9. The van der Waals surface area contributed by atoms with Crippen LogP contribution in [0.3, 0.4) is 0 Å². The van der Waals surface area contributed by atoms with Gasteiger partial charge >= 0.3 is 8.25 Å². The summed E-state index contributed by atoms with van der Waals surface area (Å²) >= 11 is 0. The molecule has 0 heterocycles. The second kappa shape index (κ2) is 10.9. The predicted octanol–water partition coefficient (Wildman–Crippen LogP) is 3.35. The van der Waals surface area contributed by atoms with Crippen molar-refractivity contribution in [1.82, 2.24) is 0 Å². The highest BCUT2D eigenvalue weighted by Gasteiger charge is 2.15. The quantitative estimate of drug-likeness (QED) is 0.345. The SMILES string of the molecule is C#CCC(CC=C)O[PH](=O)OC(CC#C)CC=C. The maximum Gasteiger partial charge on any atom is 0.319 e. The van der Waals surface area contributed by atoms with Gasteiger partial charge in [-0.3, -0.25) is 4.57 Å². The van der Waals surface area contributed by atoms with E-state index in [0.29, 0.717) is 25.7 Å². The van der Waals surface area contributed by atoms with Crippen LogP contribution in [0.4, 0.5) is 0 Å². The third-order valence-electron chi connectivity index (χ3n) is 2.08. The first-order valence-electron chi connectivity index (χ1n) is 5.63. The molecular weight excluding hydrogens is 247 g/mol. The van der Waals surface area contributed by atoms with Crippen molar-refractivity contribution in [3.05, 3.63) is 25.3 Å². The second-order valence-electron chi connectivity index (χ2n) is 3.59. The summed E-state index contributed by atoms with van der Waals surface area (Å²) in [5.74, 6) is 4.92. The van der Waals surface area contributed by atoms with Crippen LogP contribution in [0.5, 0.6) is 0 Å². The Balaban J connectivity index is 4.28. The van der Waals surface area contributed by atoms with Crippen molar-refractivity contribution in [3.8, 4) is 24.7 Å². The fourth-order valence-electron chi connectivity index (χ4n) is 1.28. The summed E-state index contributed by atoms with van der Waals surface area (Å²) in [7, 11) is -2.61. The fraction of sp³-hybridized carbons (Fsp3) is 0.429. The fourth-order valence-corrected chi connectivity index (χ4v) is 2.24. The molecule has 98 valence electrons. The first-order valence-corrected chi connectivity index (χ1v) is 6.86. The molecule has 0 radical (unpaired) electrons. The highest BCUT2D eigenvalue weighted by Crippen LogP contribution is 2.31. The van der Waals surface area contributed by atoms with E-state index >= 15 is 0 Å². The van der Waals surface area contributed by atoms with Gasteiger partial charge in [0.15, 0.2) is 0 Å². The van der Waals surface area contributed by atoms with Gasteiger partial charge in [0.2, 0.25) is 0 Å². The van der Waals surface area contributed by atoms with E-state index in [0.717, 1.165) is 0 Å². The maximum absolute atomic E-state index is 11.7. The molecule has 0 N–H and O–H groups in total. The van der Waals surface area contributed by atoms with E-state index in [2.05, 4.69) is 25.0 Å². The Morgan fingerprint density at radius 1 is 1.06 bits per heavy atom. The van der Waals surface area contributed by atoms with Crippen molar-refractivity contribution in [2.45, 2.75) is 37.9 Å². The number of hydrogen-bond donors (Lipinski definition) is 0. The Hall–Kier alpha value is -1.25. The Bertz CT molecular complexity index is 328. The summed E-state index contributed by atoms with van der Waals surface area (Å²) < 4.78 is 22.2. The average Bonchev–Trinajstić information content (AvgIpc) is 2.30.